The van der Waals surface area contributed by atoms with Gasteiger partial charge in [0, 0.05) is 3.57 Å². The lowest BCUT2D eigenvalue weighted by Gasteiger charge is -2.08. The summed E-state index contributed by atoms with van der Waals surface area (Å²) in [6.07, 6.45) is 0. The molecule has 4 N–H and O–H groups in total. The van der Waals surface area contributed by atoms with Gasteiger partial charge >= 0.3 is 5.97 Å². The SMILES string of the molecule is Cc1nc(N)sc1C(=O)Nc1ccc(I)cc1C(=O)O. The molecule has 0 spiro atoms. The summed E-state index contributed by atoms with van der Waals surface area (Å²) in [5.41, 5.74) is 6.35. The van der Waals surface area contributed by atoms with E-state index >= 15 is 0 Å². The minimum Gasteiger partial charge on any atom is -0.478 e. The van der Waals surface area contributed by atoms with Gasteiger partial charge in [0.2, 0.25) is 0 Å². The van der Waals surface area contributed by atoms with Crippen LogP contribution in [0.5, 0.6) is 0 Å². The number of rotatable bonds is 3. The molecule has 0 aliphatic rings. The van der Waals surface area contributed by atoms with Gasteiger partial charge in [0.05, 0.1) is 16.9 Å². The van der Waals surface area contributed by atoms with Crippen molar-refractivity contribution < 1.29 is 14.7 Å². The van der Waals surface area contributed by atoms with Gasteiger partial charge in [-0.15, -0.1) is 0 Å². The van der Waals surface area contributed by atoms with Crippen molar-refractivity contribution in [2.45, 2.75) is 6.92 Å². The zero-order valence-corrected chi connectivity index (χ0v) is 13.3. The maximum Gasteiger partial charge on any atom is 0.337 e. The van der Waals surface area contributed by atoms with Crippen molar-refractivity contribution in [3.63, 3.8) is 0 Å². The van der Waals surface area contributed by atoms with E-state index in [0.717, 1.165) is 14.9 Å². The van der Waals surface area contributed by atoms with E-state index in [2.05, 4.69) is 10.3 Å². The Morgan fingerprint density at radius 3 is 2.70 bits per heavy atom. The number of hydrogen-bond acceptors (Lipinski definition) is 5. The Morgan fingerprint density at radius 1 is 1.45 bits per heavy atom. The van der Waals surface area contributed by atoms with Gasteiger partial charge in [0.15, 0.2) is 5.13 Å². The van der Waals surface area contributed by atoms with Crippen molar-refractivity contribution in [2.24, 2.45) is 0 Å². The van der Waals surface area contributed by atoms with Crippen molar-refractivity contribution in [3.05, 3.63) is 37.9 Å². The van der Waals surface area contributed by atoms with Crippen LogP contribution >= 0.6 is 33.9 Å². The first-order valence-electron chi connectivity index (χ1n) is 5.45. The van der Waals surface area contributed by atoms with Gasteiger partial charge in [-0.2, -0.15) is 0 Å². The average Bonchev–Trinajstić information content (AvgIpc) is 2.70. The summed E-state index contributed by atoms with van der Waals surface area (Å²) in [4.78, 5) is 27.6. The summed E-state index contributed by atoms with van der Waals surface area (Å²) in [7, 11) is 0. The Kier molecular flexibility index (Phi) is 4.23. The zero-order chi connectivity index (χ0) is 14.9. The topological polar surface area (TPSA) is 105 Å². The number of benzene rings is 1. The number of nitrogens with one attached hydrogen (secondary N) is 1. The molecular formula is C12H10IN3O3S. The van der Waals surface area contributed by atoms with Gasteiger partial charge < -0.3 is 16.2 Å². The lowest BCUT2D eigenvalue weighted by atomic mass is 10.2. The molecule has 0 unspecified atom stereocenters. The molecule has 0 saturated heterocycles. The second kappa shape index (κ2) is 5.75. The molecule has 20 heavy (non-hydrogen) atoms. The van der Waals surface area contributed by atoms with Crippen LogP contribution in [0.2, 0.25) is 0 Å². The number of carbonyl (C=O) groups excluding carboxylic acids is 1. The third-order valence-electron chi connectivity index (χ3n) is 2.48. The minimum absolute atomic E-state index is 0.0420. The molecular weight excluding hydrogens is 393 g/mol. The summed E-state index contributed by atoms with van der Waals surface area (Å²) < 4.78 is 0.774. The third kappa shape index (κ3) is 3.07. The molecule has 2 aromatic rings. The highest BCUT2D eigenvalue weighted by atomic mass is 127. The van der Waals surface area contributed by atoms with Gasteiger partial charge in [-0.3, -0.25) is 4.79 Å². The third-order valence-corrected chi connectivity index (χ3v) is 4.14. The van der Waals surface area contributed by atoms with Crippen LogP contribution in [0.15, 0.2) is 18.2 Å². The monoisotopic (exact) mass is 403 g/mol. The quantitative estimate of drug-likeness (QED) is 0.684. The van der Waals surface area contributed by atoms with Crippen LogP contribution in [-0.4, -0.2) is 22.0 Å². The highest BCUT2D eigenvalue weighted by molar-refractivity contribution is 14.1. The predicted octanol–water partition coefficient (Wildman–Crippen LogP) is 2.59. The number of carbonyl (C=O) groups is 2. The number of aromatic nitrogens is 1. The number of nitrogens with zero attached hydrogens (tertiary/aromatic N) is 1. The van der Waals surface area contributed by atoms with Gasteiger partial charge in [-0.05, 0) is 47.7 Å². The van der Waals surface area contributed by atoms with Gasteiger partial charge in [0.1, 0.15) is 4.88 Å². The average molecular weight is 403 g/mol. The first kappa shape index (κ1) is 14.7. The molecule has 1 aromatic carbocycles. The summed E-state index contributed by atoms with van der Waals surface area (Å²) in [6.45, 7) is 1.67. The van der Waals surface area contributed by atoms with Crippen molar-refractivity contribution in [1.29, 1.82) is 0 Å². The van der Waals surface area contributed by atoms with Crippen LogP contribution in [0.3, 0.4) is 0 Å². The molecule has 0 atom stereocenters. The van der Waals surface area contributed by atoms with E-state index in [1.165, 1.54) is 6.07 Å². The van der Waals surface area contributed by atoms with E-state index in [9.17, 15) is 9.59 Å². The number of carboxylic acids is 1. The molecule has 1 aromatic heterocycles. The van der Waals surface area contributed by atoms with E-state index in [1.807, 2.05) is 22.6 Å². The Labute approximate surface area is 132 Å². The molecule has 0 radical (unpaired) electrons. The number of nitrogens with two attached hydrogens (primary N) is 1. The number of aromatic carboxylic acids is 1. The number of anilines is 2. The van der Waals surface area contributed by atoms with Crippen LogP contribution in [0.25, 0.3) is 0 Å². The number of carboxylic acid groups (broad SMARTS) is 1. The fourth-order valence-corrected chi connectivity index (χ4v) is 2.83. The van der Waals surface area contributed by atoms with Crippen LogP contribution < -0.4 is 11.1 Å². The van der Waals surface area contributed by atoms with Gasteiger partial charge in [-0.1, -0.05) is 11.3 Å². The molecule has 0 aliphatic carbocycles. The van der Waals surface area contributed by atoms with E-state index in [4.69, 9.17) is 10.8 Å². The number of aryl methyl sites for hydroxylation is 1. The second-order valence-electron chi connectivity index (χ2n) is 3.92. The van der Waals surface area contributed by atoms with Gasteiger partial charge in [0.25, 0.3) is 5.91 Å². The smallest absolute Gasteiger partial charge is 0.337 e. The molecule has 0 aliphatic heterocycles. The summed E-state index contributed by atoms with van der Waals surface area (Å²) in [5, 5.41) is 12.0. The number of halogens is 1. The van der Waals surface area contributed by atoms with Crippen molar-refractivity contribution in [3.8, 4) is 0 Å². The van der Waals surface area contributed by atoms with Crippen molar-refractivity contribution in [1.82, 2.24) is 4.98 Å². The maximum absolute atomic E-state index is 12.1. The van der Waals surface area contributed by atoms with E-state index in [0.29, 0.717) is 15.7 Å². The second-order valence-corrected chi connectivity index (χ2v) is 6.19. The number of hydrogen-bond donors (Lipinski definition) is 3. The summed E-state index contributed by atoms with van der Waals surface area (Å²) >= 11 is 3.07. The van der Waals surface area contributed by atoms with Crippen molar-refractivity contribution >= 4 is 56.6 Å². The Hall–Kier alpha value is -1.68. The summed E-state index contributed by atoms with van der Waals surface area (Å²) in [6, 6.07) is 4.77. The van der Waals surface area contributed by atoms with E-state index in [-0.39, 0.29) is 11.3 Å². The Balaban J connectivity index is 2.33. The first-order valence-corrected chi connectivity index (χ1v) is 7.35. The van der Waals surface area contributed by atoms with Crippen LogP contribution in [0, 0.1) is 10.5 Å². The van der Waals surface area contributed by atoms with Crippen LogP contribution in [0.4, 0.5) is 10.8 Å². The van der Waals surface area contributed by atoms with Crippen molar-refractivity contribution in [2.75, 3.05) is 11.1 Å². The Morgan fingerprint density at radius 2 is 2.15 bits per heavy atom. The van der Waals surface area contributed by atoms with Crippen LogP contribution in [-0.2, 0) is 0 Å². The highest BCUT2D eigenvalue weighted by Crippen LogP contribution is 2.23. The van der Waals surface area contributed by atoms with E-state index in [1.54, 1.807) is 19.1 Å². The molecule has 1 heterocycles. The van der Waals surface area contributed by atoms with Gasteiger partial charge in [-0.25, -0.2) is 9.78 Å². The first-order chi connectivity index (χ1) is 9.38. The van der Waals surface area contributed by atoms with Crippen LogP contribution in [0.1, 0.15) is 25.7 Å². The Bertz CT molecular complexity index is 699. The number of amides is 1. The summed E-state index contributed by atoms with van der Waals surface area (Å²) in [5.74, 6) is -1.51. The van der Waals surface area contributed by atoms with E-state index < -0.39 is 11.9 Å². The molecule has 1 amide bonds. The molecule has 0 saturated carbocycles. The molecule has 6 nitrogen and oxygen atoms in total. The molecule has 0 bridgehead atoms. The highest BCUT2D eigenvalue weighted by Gasteiger charge is 2.17. The fraction of sp³-hybridized carbons (Fsp3) is 0.0833. The zero-order valence-electron chi connectivity index (χ0n) is 10.3. The lowest BCUT2D eigenvalue weighted by Crippen LogP contribution is -2.14. The number of nitrogen functional groups attached to an aromatic ring is 1. The predicted molar refractivity (Wildman–Crippen MR) is 85.3 cm³/mol. The number of thiazole rings is 1. The fourth-order valence-electron chi connectivity index (χ4n) is 1.61. The maximum atomic E-state index is 12.1. The molecule has 104 valence electrons. The minimum atomic E-state index is -1.10. The molecule has 2 rings (SSSR count). The largest absolute Gasteiger partial charge is 0.478 e. The standard InChI is InChI=1S/C12H10IN3O3S/c1-5-9(20-12(14)15-5)10(17)16-8-3-2-6(13)4-7(8)11(18)19/h2-4H,1H3,(H2,14,15)(H,16,17)(H,18,19). The normalized spacial score (nSPS) is 10.3. The molecule has 0 fully saturated rings. The lowest BCUT2D eigenvalue weighted by molar-refractivity contribution is 0.0698. The molecule has 8 heteroatoms.